The number of rotatable bonds is 5. The summed E-state index contributed by atoms with van der Waals surface area (Å²) in [6.45, 7) is 0.647. The van der Waals surface area contributed by atoms with E-state index in [0.717, 1.165) is 21.8 Å². The lowest BCUT2D eigenvalue weighted by molar-refractivity contribution is 0.893. The normalized spacial score (nSPS) is 12.1. The van der Waals surface area contributed by atoms with Crippen LogP contribution in [0.5, 0.6) is 0 Å². The third-order valence-electron chi connectivity index (χ3n) is 5.58. The Morgan fingerprint density at radius 2 is 1.18 bits per heavy atom. The van der Waals surface area contributed by atoms with Gasteiger partial charge in [-0.05, 0) is 24.3 Å². The minimum absolute atomic E-state index is 0.647. The number of aromatic nitrogens is 2. The van der Waals surface area contributed by atoms with Crippen LogP contribution in [-0.4, -0.2) is 15.9 Å². The van der Waals surface area contributed by atoms with E-state index >= 15 is 0 Å². The molecule has 2 heterocycles. The fourth-order valence-corrected chi connectivity index (χ4v) is 5.82. The van der Waals surface area contributed by atoms with Crippen LogP contribution in [-0.2, 0) is 6.54 Å². The molecule has 0 radical (unpaired) electrons. The van der Waals surface area contributed by atoms with Crippen LogP contribution in [0.25, 0.3) is 0 Å². The zero-order chi connectivity index (χ0) is 22.7. The van der Waals surface area contributed by atoms with Gasteiger partial charge in [0.1, 0.15) is 5.01 Å². The number of anilines is 2. The number of fused-ring (bicyclic) bond motifs is 2. The van der Waals surface area contributed by atoms with Gasteiger partial charge in [0.05, 0.1) is 23.6 Å². The van der Waals surface area contributed by atoms with Crippen molar-refractivity contribution in [1.82, 2.24) is 10.2 Å². The average Bonchev–Trinajstić information content (AvgIpc) is 3.35. The van der Waals surface area contributed by atoms with Crippen molar-refractivity contribution in [2.45, 2.75) is 16.3 Å². The summed E-state index contributed by atoms with van der Waals surface area (Å²) in [4.78, 5) is 9.76. The van der Waals surface area contributed by atoms with Crippen molar-refractivity contribution in [3.8, 4) is 0 Å². The van der Waals surface area contributed by atoms with Crippen molar-refractivity contribution in [1.29, 1.82) is 0 Å². The Hall–Kier alpha value is -3.74. The van der Waals surface area contributed by atoms with Gasteiger partial charge < -0.3 is 4.90 Å². The topological polar surface area (TPSA) is 41.4 Å². The molecule has 164 valence electrons. The van der Waals surface area contributed by atoms with Crippen molar-refractivity contribution < 1.29 is 0 Å². The first-order valence-electron chi connectivity index (χ1n) is 11.0. The number of nitrogens with zero attached hydrogens (tertiary/aromatic N) is 4. The average molecular weight is 477 g/mol. The van der Waals surface area contributed by atoms with Crippen molar-refractivity contribution in [2.24, 2.45) is 4.99 Å². The molecule has 0 aliphatic carbocycles. The quantitative estimate of drug-likeness (QED) is 0.246. The lowest BCUT2D eigenvalue weighted by Gasteiger charge is -2.31. The van der Waals surface area contributed by atoms with Gasteiger partial charge in [0.25, 0.3) is 0 Å². The smallest absolute Gasteiger partial charge is 0.232 e. The minimum Gasteiger partial charge on any atom is -0.333 e. The van der Waals surface area contributed by atoms with Crippen molar-refractivity contribution >= 4 is 45.3 Å². The van der Waals surface area contributed by atoms with Gasteiger partial charge in [0, 0.05) is 20.9 Å². The minimum atomic E-state index is 0.647. The number of para-hydroxylation sites is 2. The molecule has 4 aromatic carbocycles. The van der Waals surface area contributed by atoms with Crippen LogP contribution in [0.15, 0.2) is 124 Å². The van der Waals surface area contributed by atoms with E-state index in [1.165, 1.54) is 32.5 Å². The standard InChI is InChI=1S/C28H20N4S2/c1-3-11-20(12-4-1)27(21-13-5-2-6-14-21)29-28-31-30-26(34-28)19-32-22-15-7-9-17-24(22)33-25-18-10-8-16-23(25)32/h1-18H,19H2. The fourth-order valence-electron chi connectivity index (χ4n) is 4.02. The number of aliphatic imine (C=N–C) groups is 1. The van der Waals surface area contributed by atoms with E-state index in [1.54, 1.807) is 0 Å². The molecule has 4 nitrogen and oxygen atoms in total. The van der Waals surface area contributed by atoms with Gasteiger partial charge in [-0.25, -0.2) is 4.99 Å². The molecule has 0 bridgehead atoms. The van der Waals surface area contributed by atoms with E-state index in [-0.39, 0.29) is 0 Å². The van der Waals surface area contributed by atoms with Crippen molar-refractivity contribution in [3.05, 3.63) is 125 Å². The van der Waals surface area contributed by atoms with Gasteiger partial charge in [0.2, 0.25) is 5.13 Å². The van der Waals surface area contributed by atoms with Gasteiger partial charge in [-0.3, -0.25) is 0 Å². The third-order valence-corrected chi connectivity index (χ3v) is 7.52. The van der Waals surface area contributed by atoms with Crippen LogP contribution < -0.4 is 4.90 Å². The summed E-state index contributed by atoms with van der Waals surface area (Å²) in [5.74, 6) is 0. The number of benzene rings is 4. The van der Waals surface area contributed by atoms with E-state index in [2.05, 4.69) is 87.9 Å². The zero-order valence-electron chi connectivity index (χ0n) is 18.2. The predicted molar refractivity (Wildman–Crippen MR) is 141 cm³/mol. The summed E-state index contributed by atoms with van der Waals surface area (Å²) < 4.78 is 0. The summed E-state index contributed by atoms with van der Waals surface area (Å²) in [6, 6.07) is 37.5. The van der Waals surface area contributed by atoms with Gasteiger partial charge in [-0.15, -0.1) is 10.2 Å². The summed E-state index contributed by atoms with van der Waals surface area (Å²) in [5.41, 5.74) is 5.40. The van der Waals surface area contributed by atoms with E-state index in [1.807, 2.05) is 48.2 Å². The molecular formula is C28H20N4S2. The van der Waals surface area contributed by atoms with Gasteiger partial charge in [-0.1, -0.05) is 108 Å². The lowest BCUT2D eigenvalue weighted by atomic mass is 10.0. The molecule has 6 heteroatoms. The first-order chi connectivity index (χ1) is 16.8. The third kappa shape index (κ3) is 4.14. The molecule has 0 saturated carbocycles. The number of hydrogen-bond acceptors (Lipinski definition) is 6. The molecule has 5 aromatic rings. The molecule has 34 heavy (non-hydrogen) atoms. The maximum Gasteiger partial charge on any atom is 0.232 e. The molecule has 1 aliphatic rings. The Labute approximate surface area is 206 Å². The highest BCUT2D eigenvalue weighted by Gasteiger charge is 2.24. The molecule has 0 N–H and O–H groups in total. The van der Waals surface area contributed by atoms with Crippen LogP contribution in [0.3, 0.4) is 0 Å². The van der Waals surface area contributed by atoms with Crippen LogP contribution in [0.2, 0.25) is 0 Å². The molecule has 6 rings (SSSR count). The van der Waals surface area contributed by atoms with E-state index in [9.17, 15) is 0 Å². The first-order valence-corrected chi connectivity index (χ1v) is 12.6. The van der Waals surface area contributed by atoms with Gasteiger partial charge in [-0.2, -0.15) is 0 Å². The Morgan fingerprint density at radius 3 is 1.76 bits per heavy atom. The summed E-state index contributed by atoms with van der Waals surface area (Å²) in [6.07, 6.45) is 0. The monoisotopic (exact) mass is 476 g/mol. The molecule has 0 spiro atoms. The second-order valence-electron chi connectivity index (χ2n) is 7.79. The Morgan fingerprint density at radius 1 is 0.647 bits per heavy atom. The maximum absolute atomic E-state index is 4.94. The van der Waals surface area contributed by atoms with Crippen molar-refractivity contribution in [3.63, 3.8) is 0 Å². The second-order valence-corrected chi connectivity index (χ2v) is 9.92. The molecule has 1 aliphatic heterocycles. The van der Waals surface area contributed by atoms with Crippen LogP contribution in [0, 0.1) is 0 Å². The summed E-state index contributed by atoms with van der Waals surface area (Å²) in [5, 5.41) is 10.5. The second kappa shape index (κ2) is 9.25. The lowest BCUT2D eigenvalue weighted by Crippen LogP contribution is -2.20. The Kier molecular flexibility index (Phi) is 5.67. The number of hydrogen-bond donors (Lipinski definition) is 0. The SMILES string of the molecule is c1ccc(C(=Nc2nnc(CN3c4ccccc4Sc4ccccc43)s2)c2ccccc2)cc1. The van der Waals surface area contributed by atoms with Gasteiger partial charge >= 0.3 is 0 Å². The maximum atomic E-state index is 4.94. The van der Waals surface area contributed by atoms with E-state index < -0.39 is 0 Å². The largest absolute Gasteiger partial charge is 0.333 e. The summed E-state index contributed by atoms with van der Waals surface area (Å²) in [7, 11) is 0. The molecule has 0 atom stereocenters. The van der Waals surface area contributed by atoms with Crippen LogP contribution in [0.1, 0.15) is 16.1 Å². The molecule has 0 saturated heterocycles. The highest BCUT2D eigenvalue weighted by molar-refractivity contribution is 7.99. The fraction of sp³-hybridized carbons (Fsp3) is 0.0357. The van der Waals surface area contributed by atoms with Crippen LogP contribution in [0.4, 0.5) is 16.5 Å². The van der Waals surface area contributed by atoms with Gasteiger partial charge in [0.15, 0.2) is 0 Å². The molecule has 1 aromatic heterocycles. The molecule has 0 amide bonds. The summed E-state index contributed by atoms with van der Waals surface area (Å²) >= 11 is 3.34. The highest BCUT2D eigenvalue weighted by Crippen LogP contribution is 2.48. The first kappa shape index (κ1) is 20.8. The Balaban J connectivity index is 1.36. The van der Waals surface area contributed by atoms with Crippen molar-refractivity contribution in [2.75, 3.05) is 4.90 Å². The molecule has 0 unspecified atom stereocenters. The van der Waals surface area contributed by atoms with E-state index in [0.29, 0.717) is 11.7 Å². The predicted octanol–water partition coefficient (Wildman–Crippen LogP) is 7.51. The van der Waals surface area contributed by atoms with E-state index in [4.69, 9.17) is 4.99 Å². The highest BCUT2D eigenvalue weighted by atomic mass is 32.2. The molecular weight excluding hydrogens is 456 g/mol. The molecule has 0 fully saturated rings. The van der Waals surface area contributed by atoms with Crippen LogP contribution >= 0.6 is 23.1 Å². The zero-order valence-corrected chi connectivity index (χ0v) is 19.8. The Bertz CT molecular complexity index is 1380.